The lowest BCUT2D eigenvalue weighted by atomic mass is 9.83. The van der Waals surface area contributed by atoms with Gasteiger partial charge in [0, 0.05) is 28.1 Å². The number of para-hydroxylation sites is 3. The predicted octanol–water partition coefficient (Wildman–Crippen LogP) is 12.6. The van der Waals surface area contributed by atoms with Gasteiger partial charge in [0.2, 0.25) is 0 Å². The van der Waals surface area contributed by atoms with E-state index in [1.165, 1.54) is 16.7 Å². The van der Waals surface area contributed by atoms with Crippen LogP contribution in [0.2, 0.25) is 0 Å². The molecule has 0 radical (unpaired) electrons. The predicted molar refractivity (Wildman–Crippen MR) is 203 cm³/mol. The number of nitrogens with zero attached hydrogens (tertiary/aromatic N) is 1. The van der Waals surface area contributed by atoms with Crippen LogP contribution >= 0.6 is 0 Å². The number of hydrogen-bond acceptors (Lipinski definition) is 3. The van der Waals surface area contributed by atoms with Gasteiger partial charge in [-0.3, -0.25) is 0 Å². The zero-order valence-electron chi connectivity index (χ0n) is 26.8. The molecule has 1 unspecified atom stereocenters. The van der Waals surface area contributed by atoms with Crippen LogP contribution in [0.25, 0.3) is 49.8 Å². The molecule has 3 nitrogen and oxygen atoms in total. The van der Waals surface area contributed by atoms with E-state index < -0.39 is 0 Å². The van der Waals surface area contributed by atoms with Crippen LogP contribution in [0.3, 0.4) is 0 Å². The van der Waals surface area contributed by atoms with Crippen molar-refractivity contribution in [1.82, 2.24) is 0 Å². The fourth-order valence-electron chi connectivity index (χ4n) is 7.30. The van der Waals surface area contributed by atoms with Crippen molar-refractivity contribution in [1.29, 1.82) is 0 Å². The summed E-state index contributed by atoms with van der Waals surface area (Å²) in [6.07, 6.45) is 14.5. The van der Waals surface area contributed by atoms with Crippen LogP contribution in [-0.4, -0.2) is 5.11 Å². The fraction of sp³-hybridized carbons (Fsp3) is 0.0435. The van der Waals surface area contributed by atoms with Gasteiger partial charge in [-0.15, -0.1) is 0 Å². The van der Waals surface area contributed by atoms with Crippen molar-refractivity contribution in [3.63, 3.8) is 0 Å². The second-order valence-corrected chi connectivity index (χ2v) is 12.6. The highest BCUT2D eigenvalue weighted by Gasteiger charge is 2.24. The van der Waals surface area contributed by atoms with E-state index >= 15 is 0 Å². The number of hydrogen-bond donors (Lipinski definition) is 1. The maximum absolute atomic E-state index is 10.4. The Morgan fingerprint density at radius 3 is 2.24 bits per heavy atom. The first-order valence-electron chi connectivity index (χ1n) is 16.8. The Morgan fingerprint density at radius 2 is 1.35 bits per heavy atom. The average molecular weight is 632 g/mol. The molecule has 0 bridgehead atoms. The Kier molecular flexibility index (Phi) is 7.09. The third kappa shape index (κ3) is 5.17. The largest absolute Gasteiger partial charge is 0.507 e. The van der Waals surface area contributed by atoms with Gasteiger partial charge < -0.3 is 14.4 Å². The van der Waals surface area contributed by atoms with Crippen molar-refractivity contribution in [3.05, 3.63) is 187 Å². The molecule has 7 aromatic rings. The molecule has 49 heavy (non-hydrogen) atoms. The van der Waals surface area contributed by atoms with E-state index in [9.17, 15) is 5.11 Å². The van der Waals surface area contributed by atoms with Crippen molar-refractivity contribution in [3.8, 4) is 28.0 Å². The highest BCUT2D eigenvalue weighted by molar-refractivity contribution is 6.13. The Bertz CT molecular complexity index is 2490. The van der Waals surface area contributed by atoms with Gasteiger partial charge in [0.05, 0.1) is 16.8 Å². The van der Waals surface area contributed by atoms with Crippen molar-refractivity contribution in [2.45, 2.75) is 6.42 Å². The van der Waals surface area contributed by atoms with Crippen LogP contribution in [0.5, 0.6) is 5.75 Å². The second-order valence-electron chi connectivity index (χ2n) is 12.6. The SMILES string of the molecule is Oc1ccccc1-c1ccc(-c2cccc(N(c3ccccc3C3=CCC4C=CC=CC4=C3)c3cccc4oc5ccccc5c34)c2)cc1. The molecule has 1 atom stereocenters. The van der Waals surface area contributed by atoms with Gasteiger partial charge in [-0.05, 0) is 76.7 Å². The third-order valence-corrected chi connectivity index (χ3v) is 9.70. The zero-order valence-corrected chi connectivity index (χ0v) is 26.8. The number of furan rings is 1. The van der Waals surface area contributed by atoms with E-state index in [-0.39, 0.29) is 5.75 Å². The molecule has 1 aromatic heterocycles. The van der Waals surface area contributed by atoms with E-state index in [1.54, 1.807) is 6.07 Å². The molecule has 0 amide bonds. The first kappa shape index (κ1) is 28.9. The molecule has 0 spiro atoms. The maximum Gasteiger partial charge on any atom is 0.137 e. The molecule has 2 aliphatic carbocycles. The number of allylic oxidation sites excluding steroid dienone is 8. The first-order valence-corrected chi connectivity index (χ1v) is 16.8. The normalized spacial score (nSPS) is 15.2. The molecule has 3 heteroatoms. The van der Waals surface area contributed by atoms with E-state index in [0.717, 1.165) is 67.7 Å². The summed E-state index contributed by atoms with van der Waals surface area (Å²) in [5, 5.41) is 12.6. The molecular weight excluding hydrogens is 599 g/mol. The lowest BCUT2D eigenvalue weighted by Crippen LogP contribution is -2.13. The molecule has 0 saturated carbocycles. The minimum atomic E-state index is 0.280. The molecule has 2 aliphatic rings. The number of fused-ring (bicyclic) bond motifs is 4. The first-order chi connectivity index (χ1) is 24.2. The summed E-state index contributed by atoms with van der Waals surface area (Å²) in [6, 6.07) is 48.0. The number of rotatable bonds is 6. The average Bonchev–Trinajstić information content (AvgIpc) is 3.55. The number of anilines is 3. The summed E-state index contributed by atoms with van der Waals surface area (Å²) in [5.41, 5.74) is 12.7. The maximum atomic E-state index is 10.4. The number of phenols is 1. The molecule has 0 saturated heterocycles. The van der Waals surface area contributed by atoms with Gasteiger partial charge in [-0.25, -0.2) is 0 Å². The van der Waals surface area contributed by atoms with E-state index in [1.807, 2.05) is 30.3 Å². The van der Waals surface area contributed by atoms with Crippen LogP contribution in [-0.2, 0) is 0 Å². The Morgan fingerprint density at radius 1 is 0.612 bits per heavy atom. The Balaban J connectivity index is 1.22. The zero-order chi connectivity index (χ0) is 32.7. The highest BCUT2D eigenvalue weighted by Crippen LogP contribution is 2.46. The van der Waals surface area contributed by atoms with Crippen molar-refractivity contribution < 1.29 is 9.52 Å². The summed E-state index contributed by atoms with van der Waals surface area (Å²) in [4.78, 5) is 2.39. The Hall–Kier alpha value is -6.32. The summed E-state index contributed by atoms with van der Waals surface area (Å²) in [5.74, 6) is 0.708. The molecular formula is C46H33NO2. The van der Waals surface area contributed by atoms with Crippen molar-refractivity contribution in [2.75, 3.05) is 4.90 Å². The number of phenolic OH excluding ortho intramolecular Hbond substituents is 1. The quantitative estimate of drug-likeness (QED) is 0.198. The van der Waals surface area contributed by atoms with Crippen LogP contribution in [0.4, 0.5) is 17.1 Å². The number of aromatic hydroxyl groups is 1. The van der Waals surface area contributed by atoms with Gasteiger partial charge in [0.15, 0.2) is 0 Å². The standard InChI is InChI=1S/C46H33NO2/c48-43-20-7-4-16-39(43)33-26-23-32(24-27-33)35-13-9-14-37(30-35)47(42-19-10-22-45-46(42)40-17-5-8-21-44(40)49-45)41-18-6-3-15-38(41)36-28-25-31-11-1-2-12-34(31)29-36/h1-24,26-31,48H,25H2. The molecule has 9 rings (SSSR count). The van der Waals surface area contributed by atoms with E-state index in [2.05, 4.69) is 144 Å². The third-order valence-electron chi connectivity index (χ3n) is 9.70. The summed E-state index contributed by atoms with van der Waals surface area (Å²) < 4.78 is 6.39. The number of benzene rings is 6. The highest BCUT2D eigenvalue weighted by atomic mass is 16.3. The van der Waals surface area contributed by atoms with Gasteiger partial charge in [-0.2, -0.15) is 0 Å². The summed E-state index contributed by atoms with van der Waals surface area (Å²) in [6.45, 7) is 0. The van der Waals surface area contributed by atoms with Crippen LogP contribution in [0, 0.1) is 5.92 Å². The summed E-state index contributed by atoms with van der Waals surface area (Å²) >= 11 is 0. The van der Waals surface area contributed by atoms with E-state index in [4.69, 9.17) is 4.42 Å². The van der Waals surface area contributed by atoms with Gasteiger partial charge in [-0.1, -0.05) is 134 Å². The lowest BCUT2D eigenvalue weighted by Gasteiger charge is -2.30. The van der Waals surface area contributed by atoms with Gasteiger partial charge in [0.25, 0.3) is 0 Å². The topological polar surface area (TPSA) is 36.6 Å². The molecule has 6 aromatic carbocycles. The van der Waals surface area contributed by atoms with Crippen LogP contribution in [0.15, 0.2) is 186 Å². The van der Waals surface area contributed by atoms with Gasteiger partial charge in [0.1, 0.15) is 16.9 Å². The van der Waals surface area contributed by atoms with E-state index in [0.29, 0.717) is 5.92 Å². The Labute approximate surface area is 285 Å². The molecule has 1 heterocycles. The van der Waals surface area contributed by atoms with Crippen LogP contribution < -0.4 is 4.90 Å². The molecule has 234 valence electrons. The molecule has 0 aliphatic heterocycles. The van der Waals surface area contributed by atoms with Crippen molar-refractivity contribution >= 4 is 44.6 Å². The molecule has 0 fully saturated rings. The van der Waals surface area contributed by atoms with Crippen LogP contribution in [0.1, 0.15) is 12.0 Å². The monoisotopic (exact) mass is 631 g/mol. The minimum absolute atomic E-state index is 0.280. The van der Waals surface area contributed by atoms with Crippen molar-refractivity contribution in [2.24, 2.45) is 5.92 Å². The summed E-state index contributed by atoms with van der Waals surface area (Å²) in [7, 11) is 0. The smallest absolute Gasteiger partial charge is 0.137 e. The minimum Gasteiger partial charge on any atom is -0.507 e. The fourth-order valence-corrected chi connectivity index (χ4v) is 7.30. The lowest BCUT2D eigenvalue weighted by molar-refractivity contribution is 0.477. The van der Waals surface area contributed by atoms with Gasteiger partial charge >= 0.3 is 0 Å². The molecule has 1 N–H and O–H groups in total. The second kappa shape index (κ2) is 12.0.